The van der Waals surface area contributed by atoms with E-state index in [4.69, 9.17) is 5.73 Å². The Kier molecular flexibility index (Phi) is 3.61. The van der Waals surface area contributed by atoms with Crippen LogP contribution in [0.4, 0.5) is 4.79 Å². The minimum atomic E-state index is -0.693. The third-order valence-corrected chi connectivity index (χ3v) is 2.59. The third kappa shape index (κ3) is 2.98. The molecule has 98 valence electrons. The van der Waals surface area contributed by atoms with Crippen molar-refractivity contribution in [2.45, 2.75) is 13.8 Å². The number of hydrogen-bond acceptors (Lipinski definition) is 3. The van der Waals surface area contributed by atoms with Crippen LogP contribution in [0, 0.1) is 13.8 Å². The summed E-state index contributed by atoms with van der Waals surface area (Å²) in [4.78, 5) is 10.6. The highest BCUT2D eigenvalue weighted by atomic mass is 16.2. The number of urea groups is 1. The molecule has 3 N–H and O–H groups in total. The molecule has 1 aromatic carbocycles. The maximum absolute atomic E-state index is 10.6. The molecule has 0 fully saturated rings. The molecule has 6 nitrogen and oxygen atoms in total. The predicted molar refractivity (Wildman–Crippen MR) is 73.4 cm³/mol. The van der Waals surface area contributed by atoms with E-state index < -0.39 is 6.03 Å². The van der Waals surface area contributed by atoms with Gasteiger partial charge < -0.3 is 5.73 Å². The fourth-order valence-corrected chi connectivity index (χ4v) is 1.97. The van der Waals surface area contributed by atoms with E-state index in [9.17, 15) is 4.79 Å². The van der Waals surface area contributed by atoms with Crippen LogP contribution >= 0.6 is 0 Å². The quantitative estimate of drug-likeness (QED) is 0.644. The zero-order chi connectivity index (χ0) is 13.8. The molecule has 0 radical (unpaired) electrons. The summed E-state index contributed by atoms with van der Waals surface area (Å²) in [6.07, 6.45) is 5.13. The second-order valence-corrected chi connectivity index (χ2v) is 4.20. The van der Waals surface area contributed by atoms with Crippen LogP contribution < -0.4 is 11.2 Å². The van der Waals surface area contributed by atoms with Gasteiger partial charge in [0.2, 0.25) is 0 Å². The molecule has 2 aromatic rings. The van der Waals surface area contributed by atoms with E-state index in [2.05, 4.69) is 21.7 Å². The maximum atomic E-state index is 10.6. The first-order valence-electron chi connectivity index (χ1n) is 5.77. The normalized spacial score (nSPS) is 10.8. The molecule has 0 aliphatic heterocycles. The van der Waals surface area contributed by atoms with E-state index in [-0.39, 0.29) is 0 Å². The molecule has 19 heavy (non-hydrogen) atoms. The van der Waals surface area contributed by atoms with Crippen molar-refractivity contribution in [1.29, 1.82) is 0 Å². The van der Waals surface area contributed by atoms with Gasteiger partial charge in [-0.05, 0) is 31.5 Å². The SMILES string of the molecule is Cc1cc(C)c(-n2cccn2)c(C=NNC(N)=O)c1. The van der Waals surface area contributed by atoms with Gasteiger partial charge in [-0.25, -0.2) is 14.9 Å². The minimum Gasteiger partial charge on any atom is -0.350 e. The van der Waals surface area contributed by atoms with Gasteiger partial charge in [0, 0.05) is 18.0 Å². The minimum absolute atomic E-state index is 0.693. The molecule has 0 saturated heterocycles. The van der Waals surface area contributed by atoms with Crippen LogP contribution in [-0.4, -0.2) is 22.0 Å². The lowest BCUT2D eigenvalue weighted by Crippen LogP contribution is -2.24. The molecule has 0 bridgehead atoms. The fourth-order valence-electron chi connectivity index (χ4n) is 1.97. The molecule has 0 aliphatic carbocycles. The number of hydrogen-bond donors (Lipinski definition) is 2. The summed E-state index contributed by atoms with van der Waals surface area (Å²) < 4.78 is 1.76. The number of amides is 2. The summed E-state index contributed by atoms with van der Waals surface area (Å²) in [5.41, 5.74) is 11.1. The summed E-state index contributed by atoms with van der Waals surface area (Å²) in [7, 11) is 0. The number of carbonyl (C=O) groups is 1. The van der Waals surface area contributed by atoms with Crippen LogP contribution in [0.5, 0.6) is 0 Å². The standard InChI is InChI=1S/C13H15N5O/c1-9-6-10(2)12(18-5-3-4-16-18)11(7-9)8-15-17-13(14)19/h3-8H,1-2H3,(H3,14,17,19). The van der Waals surface area contributed by atoms with Crippen molar-refractivity contribution in [3.63, 3.8) is 0 Å². The highest BCUT2D eigenvalue weighted by molar-refractivity contribution is 5.87. The van der Waals surface area contributed by atoms with Crippen molar-refractivity contribution in [1.82, 2.24) is 15.2 Å². The maximum Gasteiger partial charge on any atom is 0.332 e. The summed E-state index contributed by atoms with van der Waals surface area (Å²) in [6.45, 7) is 4.00. The number of rotatable bonds is 3. The molecule has 2 amide bonds. The lowest BCUT2D eigenvalue weighted by molar-refractivity contribution is 0.249. The Morgan fingerprint density at radius 1 is 1.47 bits per heavy atom. The number of aryl methyl sites for hydroxylation is 2. The van der Waals surface area contributed by atoms with E-state index in [1.165, 1.54) is 0 Å². The van der Waals surface area contributed by atoms with Crippen LogP contribution in [-0.2, 0) is 0 Å². The zero-order valence-electron chi connectivity index (χ0n) is 10.8. The summed E-state index contributed by atoms with van der Waals surface area (Å²) in [6, 6.07) is 5.19. The molecule has 2 rings (SSSR count). The Morgan fingerprint density at radius 3 is 2.89 bits per heavy atom. The summed E-state index contributed by atoms with van der Waals surface area (Å²) >= 11 is 0. The first kappa shape index (κ1) is 12.8. The van der Waals surface area contributed by atoms with E-state index >= 15 is 0 Å². The second-order valence-electron chi connectivity index (χ2n) is 4.20. The van der Waals surface area contributed by atoms with Crippen molar-refractivity contribution >= 4 is 12.2 Å². The molecular formula is C13H15N5O. The number of nitrogens with two attached hydrogens (primary N) is 1. The van der Waals surface area contributed by atoms with Gasteiger partial charge in [-0.15, -0.1) is 0 Å². The Bertz CT molecular complexity index is 616. The van der Waals surface area contributed by atoms with Crippen LogP contribution in [0.25, 0.3) is 5.69 Å². The Hall–Kier alpha value is -2.63. The largest absolute Gasteiger partial charge is 0.350 e. The van der Waals surface area contributed by atoms with E-state index in [0.717, 1.165) is 22.4 Å². The van der Waals surface area contributed by atoms with Gasteiger partial charge in [-0.1, -0.05) is 11.6 Å². The van der Waals surface area contributed by atoms with Gasteiger partial charge >= 0.3 is 6.03 Å². The molecular weight excluding hydrogens is 242 g/mol. The molecule has 0 spiro atoms. The number of carbonyl (C=O) groups excluding carboxylic acids is 1. The zero-order valence-corrected chi connectivity index (χ0v) is 10.8. The summed E-state index contributed by atoms with van der Waals surface area (Å²) in [5.74, 6) is 0. The lowest BCUT2D eigenvalue weighted by Gasteiger charge is -2.11. The van der Waals surface area contributed by atoms with Gasteiger partial charge in [0.15, 0.2) is 0 Å². The van der Waals surface area contributed by atoms with Gasteiger partial charge in [-0.2, -0.15) is 10.2 Å². The summed E-state index contributed by atoms with van der Waals surface area (Å²) in [5, 5.41) is 8.03. The van der Waals surface area contributed by atoms with Crippen molar-refractivity contribution < 1.29 is 4.79 Å². The van der Waals surface area contributed by atoms with Gasteiger partial charge in [0.25, 0.3) is 0 Å². The lowest BCUT2D eigenvalue weighted by atomic mass is 10.0. The molecule has 0 saturated carbocycles. The number of benzene rings is 1. The predicted octanol–water partition coefficient (Wildman–Crippen LogP) is 1.49. The molecule has 1 aromatic heterocycles. The van der Waals surface area contributed by atoms with E-state index in [1.54, 1.807) is 17.1 Å². The van der Waals surface area contributed by atoms with Crippen molar-refractivity contribution in [2.24, 2.45) is 10.8 Å². The highest BCUT2D eigenvalue weighted by Gasteiger charge is 2.08. The number of hydrazone groups is 1. The number of primary amides is 1. The average molecular weight is 257 g/mol. The van der Waals surface area contributed by atoms with Gasteiger partial charge in [0.05, 0.1) is 11.9 Å². The van der Waals surface area contributed by atoms with Crippen LogP contribution in [0.2, 0.25) is 0 Å². The Morgan fingerprint density at radius 2 is 2.26 bits per heavy atom. The molecule has 6 heteroatoms. The van der Waals surface area contributed by atoms with E-state index in [0.29, 0.717) is 0 Å². The highest BCUT2D eigenvalue weighted by Crippen LogP contribution is 2.19. The van der Waals surface area contributed by atoms with Gasteiger partial charge in [0.1, 0.15) is 0 Å². The van der Waals surface area contributed by atoms with Crippen molar-refractivity contribution in [2.75, 3.05) is 0 Å². The van der Waals surface area contributed by atoms with Crippen LogP contribution in [0.1, 0.15) is 16.7 Å². The van der Waals surface area contributed by atoms with Crippen LogP contribution in [0.15, 0.2) is 35.7 Å². The topological polar surface area (TPSA) is 85.3 Å². The van der Waals surface area contributed by atoms with E-state index in [1.807, 2.05) is 32.2 Å². The number of nitrogens with zero attached hydrogens (tertiary/aromatic N) is 3. The Labute approximate surface area is 110 Å². The average Bonchev–Trinajstić information content (AvgIpc) is 2.81. The van der Waals surface area contributed by atoms with Gasteiger partial charge in [-0.3, -0.25) is 0 Å². The first-order valence-corrected chi connectivity index (χ1v) is 5.77. The van der Waals surface area contributed by atoms with Crippen molar-refractivity contribution in [3.8, 4) is 5.69 Å². The first-order chi connectivity index (χ1) is 9.08. The monoisotopic (exact) mass is 257 g/mol. The fraction of sp³-hybridized carbons (Fsp3) is 0.154. The molecule has 0 unspecified atom stereocenters. The smallest absolute Gasteiger partial charge is 0.332 e. The third-order valence-electron chi connectivity index (χ3n) is 2.59. The molecule has 0 atom stereocenters. The number of nitrogens with one attached hydrogen (secondary N) is 1. The molecule has 1 heterocycles. The Balaban J connectivity index is 2.46. The van der Waals surface area contributed by atoms with Crippen LogP contribution in [0.3, 0.4) is 0 Å². The number of aromatic nitrogens is 2. The second kappa shape index (κ2) is 5.34. The molecule has 0 aliphatic rings. The van der Waals surface area contributed by atoms with Crippen molar-refractivity contribution in [3.05, 3.63) is 47.3 Å².